The van der Waals surface area contributed by atoms with Crippen molar-refractivity contribution < 1.29 is 4.79 Å². The van der Waals surface area contributed by atoms with E-state index in [1.807, 2.05) is 6.92 Å². The van der Waals surface area contributed by atoms with Crippen LogP contribution in [-0.2, 0) is 11.2 Å². The fraction of sp³-hybridized carbons (Fsp3) is 0.545. The minimum Gasteiger partial charge on any atom is -0.370 e. The topological polar surface area (TPSA) is 92.9 Å². The Morgan fingerprint density at radius 1 is 1.29 bits per heavy atom. The maximum Gasteiger partial charge on any atom is 0.236 e. The van der Waals surface area contributed by atoms with Crippen molar-refractivity contribution in [3.05, 3.63) is 11.9 Å². The summed E-state index contributed by atoms with van der Waals surface area (Å²) < 4.78 is 0. The first-order valence-corrected chi connectivity index (χ1v) is 5.78. The molecule has 0 saturated carbocycles. The third kappa shape index (κ3) is 3.90. The second-order valence-corrected chi connectivity index (χ2v) is 3.65. The first-order chi connectivity index (χ1) is 8.19. The molecule has 1 amide bonds. The van der Waals surface area contributed by atoms with Crippen LogP contribution < -0.4 is 16.4 Å². The van der Waals surface area contributed by atoms with Gasteiger partial charge in [0.25, 0.3) is 0 Å². The summed E-state index contributed by atoms with van der Waals surface area (Å²) in [7, 11) is 0. The van der Waals surface area contributed by atoms with Crippen molar-refractivity contribution in [2.75, 3.05) is 23.7 Å². The maximum atomic E-state index is 10.7. The zero-order valence-corrected chi connectivity index (χ0v) is 10.3. The highest BCUT2D eigenvalue weighted by atomic mass is 16.1. The summed E-state index contributed by atoms with van der Waals surface area (Å²) in [6.45, 7) is 5.05. The molecule has 0 fully saturated rings. The second-order valence-electron chi connectivity index (χ2n) is 3.65. The number of hydrogen-bond donors (Lipinski definition) is 3. The number of anilines is 2. The van der Waals surface area contributed by atoms with Crippen LogP contribution in [0, 0.1) is 0 Å². The van der Waals surface area contributed by atoms with Gasteiger partial charge in [0, 0.05) is 12.1 Å². The number of carbonyl (C=O) groups is 1. The summed E-state index contributed by atoms with van der Waals surface area (Å²) >= 11 is 0. The number of nitrogens with zero attached hydrogens (tertiary/aromatic N) is 2. The standard InChI is InChI=1S/C11H19N5O/c1-3-5-13-10-8(4-2)11(16-7-15-10)14-6-9(12)17/h7H,3-6H2,1-2H3,(H2,12,17)(H2,13,14,15,16). The predicted octanol–water partition coefficient (Wildman–Crippen LogP) is 0.758. The first-order valence-electron chi connectivity index (χ1n) is 5.78. The molecule has 0 radical (unpaired) electrons. The highest BCUT2D eigenvalue weighted by Crippen LogP contribution is 2.19. The normalized spacial score (nSPS) is 10.0. The number of aromatic nitrogens is 2. The Hall–Kier alpha value is -1.85. The molecule has 0 bridgehead atoms. The second kappa shape index (κ2) is 6.67. The van der Waals surface area contributed by atoms with E-state index in [0.717, 1.165) is 30.8 Å². The van der Waals surface area contributed by atoms with Crippen molar-refractivity contribution in [1.82, 2.24) is 9.97 Å². The molecule has 0 atom stereocenters. The molecule has 0 aliphatic rings. The fourth-order valence-electron chi connectivity index (χ4n) is 1.47. The van der Waals surface area contributed by atoms with E-state index >= 15 is 0 Å². The molecular formula is C11H19N5O. The van der Waals surface area contributed by atoms with Gasteiger partial charge in [-0.3, -0.25) is 4.79 Å². The Bertz CT molecular complexity index is 380. The van der Waals surface area contributed by atoms with E-state index in [-0.39, 0.29) is 6.54 Å². The van der Waals surface area contributed by atoms with Gasteiger partial charge < -0.3 is 16.4 Å². The number of nitrogens with one attached hydrogen (secondary N) is 2. The van der Waals surface area contributed by atoms with Gasteiger partial charge in [-0.05, 0) is 12.8 Å². The number of nitrogens with two attached hydrogens (primary N) is 1. The lowest BCUT2D eigenvalue weighted by Gasteiger charge is -2.13. The monoisotopic (exact) mass is 237 g/mol. The average Bonchev–Trinajstić information content (AvgIpc) is 2.33. The molecule has 1 aromatic rings. The van der Waals surface area contributed by atoms with Crippen molar-refractivity contribution in [2.24, 2.45) is 5.73 Å². The zero-order valence-electron chi connectivity index (χ0n) is 10.3. The molecule has 0 aliphatic carbocycles. The van der Waals surface area contributed by atoms with Gasteiger partial charge in [-0.25, -0.2) is 9.97 Å². The zero-order chi connectivity index (χ0) is 12.7. The van der Waals surface area contributed by atoms with Crippen LogP contribution in [0.2, 0.25) is 0 Å². The summed E-state index contributed by atoms with van der Waals surface area (Å²) in [5.74, 6) is 1.07. The van der Waals surface area contributed by atoms with Gasteiger partial charge in [-0.1, -0.05) is 13.8 Å². The average molecular weight is 237 g/mol. The van der Waals surface area contributed by atoms with Gasteiger partial charge >= 0.3 is 0 Å². The van der Waals surface area contributed by atoms with E-state index in [1.54, 1.807) is 0 Å². The van der Waals surface area contributed by atoms with Crippen LogP contribution >= 0.6 is 0 Å². The van der Waals surface area contributed by atoms with E-state index in [9.17, 15) is 4.79 Å². The van der Waals surface area contributed by atoms with Gasteiger partial charge in [-0.15, -0.1) is 0 Å². The molecule has 17 heavy (non-hydrogen) atoms. The van der Waals surface area contributed by atoms with Crippen molar-refractivity contribution in [1.29, 1.82) is 0 Å². The summed E-state index contributed by atoms with van der Waals surface area (Å²) in [6, 6.07) is 0. The van der Waals surface area contributed by atoms with Crippen molar-refractivity contribution in [2.45, 2.75) is 26.7 Å². The molecule has 0 saturated heterocycles. The summed E-state index contributed by atoms with van der Waals surface area (Å²) in [4.78, 5) is 19.0. The number of primary amides is 1. The summed E-state index contributed by atoms with van der Waals surface area (Å²) in [6.07, 6.45) is 3.28. The lowest BCUT2D eigenvalue weighted by Crippen LogP contribution is -2.23. The Morgan fingerprint density at radius 2 is 1.94 bits per heavy atom. The Morgan fingerprint density at radius 3 is 2.47 bits per heavy atom. The van der Waals surface area contributed by atoms with Gasteiger partial charge in [0.2, 0.25) is 5.91 Å². The number of carbonyl (C=O) groups excluding carboxylic acids is 1. The minimum atomic E-state index is -0.409. The molecule has 0 unspecified atom stereocenters. The van der Waals surface area contributed by atoms with Crippen LogP contribution in [0.3, 0.4) is 0 Å². The van der Waals surface area contributed by atoms with Crippen molar-refractivity contribution >= 4 is 17.5 Å². The van der Waals surface area contributed by atoms with Gasteiger partial charge in [0.1, 0.15) is 18.0 Å². The van der Waals surface area contributed by atoms with Crippen LogP contribution in [0.15, 0.2) is 6.33 Å². The molecule has 1 rings (SSSR count). The van der Waals surface area contributed by atoms with Gasteiger partial charge in [0.05, 0.1) is 6.54 Å². The maximum absolute atomic E-state index is 10.7. The van der Waals surface area contributed by atoms with E-state index in [1.165, 1.54) is 6.33 Å². The number of amides is 1. The molecule has 94 valence electrons. The van der Waals surface area contributed by atoms with Gasteiger partial charge in [0.15, 0.2) is 0 Å². The minimum absolute atomic E-state index is 0.0806. The molecule has 1 aromatic heterocycles. The van der Waals surface area contributed by atoms with Crippen LogP contribution in [-0.4, -0.2) is 29.0 Å². The van der Waals surface area contributed by atoms with Crippen LogP contribution in [0.4, 0.5) is 11.6 Å². The Balaban J connectivity index is 2.84. The highest BCUT2D eigenvalue weighted by molar-refractivity contribution is 5.79. The molecule has 6 nitrogen and oxygen atoms in total. The molecule has 0 spiro atoms. The molecule has 1 heterocycles. The van der Waals surface area contributed by atoms with E-state index in [4.69, 9.17) is 5.73 Å². The number of rotatable bonds is 7. The van der Waals surface area contributed by atoms with Crippen LogP contribution in [0.25, 0.3) is 0 Å². The Labute approximate surface area is 101 Å². The fourth-order valence-corrected chi connectivity index (χ4v) is 1.47. The number of hydrogen-bond acceptors (Lipinski definition) is 5. The first kappa shape index (κ1) is 13.2. The molecular weight excluding hydrogens is 218 g/mol. The third-order valence-electron chi connectivity index (χ3n) is 2.27. The van der Waals surface area contributed by atoms with E-state index < -0.39 is 5.91 Å². The quantitative estimate of drug-likeness (QED) is 0.651. The highest BCUT2D eigenvalue weighted by Gasteiger charge is 2.09. The predicted molar refractivity (Wildman–Crippen MR) is 67.9 cm³/mol. The van der Waals surface area contributed by atoms with Crippen molar-refractivity contribution in [3.63, 3.8) is 0 Å². The smallest absolute Gasteiger partial charge is 0.236 e. The van der Waals surface area contributed by atoms with Crippen molar-refractivity contribution in [3.8, 4) is 0 Å². The largest absolute Gasteiger partial charge is 0.370 e. The molecule has 0 aliphatic heterocycles. The molecule has 6 heteroatoms. The van der Waals surface area contributed by atoms with Gasteiger partial charge in [-0.2, -0.15) is 0 Å². The summed E-state index contributed by atoms with van der Waals surface area (Å²) in [5, 5.41) is 6.15. The van der Waals surface area contributed by atoms with Crippen LogP contribution in [0.1, 0.15) is 25.8 Å². The van der Waals surface area contributed by atoms with E-state index in [0.29, 0.717) is 5.82 Å². The lowest BCUT2D eigenvalue weighted by atomic mass is 10.2. The third-order valence-corrected chi connectivity index (χ3v) is 2.27. The summed E-state index contributed by atoms with van der Waals surface area (Å²) in [5.41, 5.74) is 6.06. The SMILES string of the molecule is CCCNc1ncnc(NCC(N)=O)c1CC. The molecule has 4 N–H and O–H groups in total. The lowest BCUT2D eigenvalue weighted by molar-refractivity contribution is -0.116. The Kier molecular flexibility index (Phi) is 5.19. The molecule has 0 aromatic carbocycles. The van der Waals surface area contributed by atoms with Crippen LogP contribution in [0.5, 0.6) is 0 Å². The van der Waals surface area contributed by atoms with E-state index in [2.05, 4.69) is 27.5 Å².